The molecule has 7 heteroatoms. The lowest BCUT2D eigenvalue weighted by molar-refractivity contribution is 0.108. The van der Waals surface area contributed by atoms with Gasteiger partial charge < -0.3 is 9.16 Å². The molecule has 0 aromatic heterocycles. The Morgan fingerprint density at radius 2 is 1.39 bits per heavy atom. The highest BCUT2D eigenvalue weighted by molar-refractivity contribution is 6.75. The van der Waals surface area contributed by atoms with Gasteiger partial charge in [0.15, 0.2) is 0 Å². The Hall–Kier alpha value is -1.24. The van der Waals surface area contributed by atoms with E-state index in [-0.39, 0.29) is 6.10 Å². The van der Waals surface area contributed by atoms with Crippen molar-refractivity contribution in [1.82, 2.24) is 0 Å². The monoisotopic (exact) mass is 342 g/mol. The molecule has 0 N–H and O–H groups in total. The molecule has 23 heavy (non-hydrogen) atoms. The van der Waals surface area contributed by atoms with Crippen LogP contribution in [0.25, 0.3) is 0 Å². The summed E-state index contributed by atoms with van der Waals surface area (Å²) < 4.78 is 10.9. The SMILES string of the molecule is CCC[Si](CCC)(CCC)OC(=O)/N=N/C(=O)OC1CCCC1. The van der Waals surface area contributed by atoms with E-state index in [1.165, 1.54) is 0 Å². The maximum Gasteiger partial charge on any atom is 0.452 e. The molecule has 6 nitrogen and oxygen atoms in total. The summed E-state index contributed by atoms with van der Waals surface area (Å²) in [7, 11) is -2.12. The average molecular weight is 343 g/mol. The van der Waals surface area contributed by atoms with Crippen LogP contribution in [0.5, 0.6) is 0 Å². The van der Waals surface area contributed by atoms with E-state index in [1.807, 2.05) is 0 Å². The molecule has 0 bridgehead atoms. The maximum atomic E-state index is 12.0. The van der Waals surface area contributed by atoms with Crippen LogP contribution >= 0.6 is 0 Å². The minimum atomic E-state index is -2.12. The Bertz CT molecular complexity index is 392. The predicted octanol–water partition coefficient (Wildman–Crippen LogP) is 5.83. The molecule has 0 saturated heterocycles. The van der Waals surface area contributed by atoms with Crippen LogP contribution in [0.1, 0.15) is 65.7 Å². The van der Waals surface area contributed by atoms with Gasteiger partial charge in [-0.25, -0.2) is 9.59 Å². The van der Waals surface area contributed by atoms with E-state index in [1.54, 1.807) is 0 Å². The van der Waals surface area contributed by atoms with Crippen LogP contribution in [0.15, 0.2) is 10.2 Å². The van der Waals surface area contributed by atoms with Gasteiger partial charge in [0, 0.05) is 0 Å². The third-order valence-corrected chi connectivity index (χ3v) is 9.04. The molecule has 0 unspecified atom stereocenters. The maximum absolute atomic E-state index is 12.0. The Kier molecular flexibility index (Phi) is 9.05. The summed E-state index contributed by atoms with van der Waals surface area (Å²) in [6, 6.07) is 2.80. The number of hydrogen-bond acceptors (Lipinski definition) is 4. The first-order valence-corrected chi connectivity index (χ1v) is 11.4. The molecule has 2 amide bonds. The molecule has 1 aliphatic carbocycles. The van der Waals surface area contributed by atoms with Crippen LogP contribution in [-0.2, 0) is 9.16 Å². The molecule has 1 saturated carbocycles. The van der Waals surface area contributed by atoms with Crippen molar-refractivity contribution < 1.29 is 18.8 Å². The molecule has 0 atom stereocenters. The molecule has 0 radical (unpaired) electrons. The van der Waals surface area contributed by atoms with E-state index >= 15 is 0 Å². The fourth-order valence-corrected chi connectivity index (χ4v) is 7.56. The number of rotatable bonds is 8. The number of azo groups is 1. The predicted molar refractivity (Wildman–Crippen MR) is 91.1 cm³/mol. The van der Waals surface area contributed by atoms with E-state index in [0.717, 1.165) is 63.1 Å². The van der Waals surface area contributed by atoms with Gasteiger partial charge in [-0.15, -0.1) is 0 Å². The minimum absolute atomic E-state index is 0.0776. The number of ether oxygens (including phenoxy) is 1. The van der Waals surface area contributed by atoms with E-state index in [9.17, 15) is 9.59 Å². The largest absolute Gasteiger partial charge is 0.501 e. The van der Waals surface area contributed by atoms with Crippen molar-refractivity contribution in [2.45, 2.75) is 90.0 Å². The first-order valence-electron chi connectivity index (χ1n) is 8.90. The van der Waals surface area contributed by atoms with Crippen LogP contribution < -0.4 is 0 Å². The van der Waals surface area contributed by atoms with Crippen LogP contribution in [0.2, 0.25) is 18.1 Å². The summed E-state index contributed by atoms with van der Waals surface area (Å²) in [6.07, 6.45) is 5.22. The zero-order chi connectivity index (χ0) is 17.1. The fourth-order valence-electron chi connectivity index (χ4n) is 3.35. The molecule has 132 valence electrons. The topological polar surface area (TPSA) is 77.3 Å². The van der Waals surface area contributed by atoms with Gasteiger partial charge in [0.1, 0.15) is 6.10 Å². The third-order valence-electron chi connectivity index (χ3n) is 4.20. The third kappa shape index (κ3) is 7.24. The van der Waals surface area contributed by atoms with Gasteiger partial charge in [-0.05, 0) is 43.8 Å². The zero-order valence-corrected chi connectivity index (χ0v) is 15.7. The molecular formula is C16H30N2O4Si. The standard InChI is InChI=1S/C16H30N2O4Si/c1-4-11-23(12-5-2,13-6-3)22-16(20)18-17-15(19)21-14-9-7-8-10-14/h14H,4-13H2,1-3H3/b18-17+. The first-order chi connectivity index (χ1) is 11.0. The molecular weight excluding hydrogens is 312 g/mol. The van der Waals surface area contributed by atoms with Gasteiger partial charge in [0.25, 0.3) is 8.32 Å². The van der Waals surface area contributed by atoms with Crippen LogP contribution in [0, 0.1) is 0 Å². The average Bonchev–Trinajstić information content (AvgIpc) is 2.99. The van der Waals surface area contributed by atoms with Gasteiger partial charge in [-0.1, -0.05) is 50.3 Å². The Balaban J connectivity index is 2.55. The highest BCUT2D eigenvalue weighted by atomic mass is 28.4. The smallest absolute Gasteiger partial charge is 0.452 e. The summed E-state index contributed by atoms with van der Waals surface area (Å²) in [6.45, 7) is 6.30. The van der Waals surface area contributed by atoms with Crippen molar-refractivity contribution >= 4 is 20.5 Å². The van der Waals surface area contributed by atoms with E-state index in [4.69, 9.17) is 9.16 Å². The van der Waals surface area contributed by atoms with E-state index in [0.29, 0.717) is 0 Å². The number of hydrogen-bond donors (Lipinski definition) is 0. The van der Waals surface area contributed by atoms with E-state index in [2.05, 4.69) is 31.0 Å². The second-order valence-electron chi connectivity index (χ2n) is 6.29. The molecule has 0 aromatic carbocycles. The first kappa shape index (κ1) is 19.8. The number of carbonyl (C=O) groups is 2. The summed E-state index contributed by atoms with van der Waals surface area (Å²) in [4.78, 5) is 23.5. The minimum Gasteiger partial charge on any atom is -0.501 e. The Morgan fingerprint density at radius 1 is 0.913 bits per heavy atom. The van der Waals surface area contributed by atoms with E-state index < -0.39 is 20.5 Å². The lowest BCUT2D eigenvalue weighted by Crippen LogP contribution is -2.39. The van der Waals surface area contributed by atoms with Gasteiger partial charge in [-0.3, -0.25) is 0 Å². The molecule has 1 fully saturated rings. The number of carbonyl (C=O) groups excluding carboxylic acids is 2. The normalized spacial score (nSPS) is 16.0. The van der Waals surface area contributed by atoms with Gasteiger partial charge >= 0.3 is 12.2 Å². The second kappa shape index (κ2) is 10.5. The van der Waals surface area contributed by atoms with Crippen molar-refractivity contribution in [3.8, 4) is 0 Å². The van der Waals surface area contributed by atoms with Crippen LogP contribution in [0.4, 0.5) is 9.59 Å². The van der Waals surface area contributed by atoms with Gasteiger partial charge in [-0.2, -0.15) is 0 Å². The summed E-state index contributed by atoms with van der Waals surface area (Å²) in [5, 5.41) is 6.79. The van der Waals surface area contributed by atoms with Gasteiger partial charge in [0.05, 0.1) is 0 Å². The van der Waals surface area contributed by atoms with Crippen molar-refractivity contribution in [3.05, 3.63) is 0 Å². The summed E-state index contributed by atoms with van der Waals surface area (Å²) in [5.41, 5.74) is 0. The molecule has 1 aliphatic rings. The second-order valence-corrected chi connectivity index (χ2v) is 10.4. The highest BCUT2D eigenvalue weighted by Gasteiger charge is 2.36. The molecule has 0 spiro atoms. The van der Waals surface area contributed by atoms with Crippen molar-refractivity contribution in [1.29, 1.82) is 0 Å². The summed E-state index contributed by atoms with van der Waals surface area (Å²) in [5.74, 6) is 0. The highest BCUT2D eigenvalue weighted by Crippen LogP contribution is 2.28. The molecule has 1 rings (SSSR count). The fraction of sp³-hybridized carbons (Fsp3) is 0.875. The molecule has 0 heterocycles. The lowest BCUT2D eigenvalue weighted by Gasteiger charge is -2.29. The van der Waals surface area contributed by atoms with Crippen molar-refractivity contribution in [3.63, 3.8) is 0 Å². The van der Waals surface area contributed by atoms with Crippen molar-refractivity contribution in [2.75, 3.05) is 0 Å². The Labute approximate surface area is 140 Å². The quantitative estimate of drug-likeness (QED) is 0.410. The van der Waals surface area contributed by atoms with Crippen molar-refractivity contribution in [2.24, 2.45) is 10.2 Å². The zero-order valence-electron chi connectivity index (χ0n) is 14.7. The van der Waals surface area contributed by atoms with Crippen LogP contribution in [0.3, 0.4) is 0 Å². The number of amides is 2. The molecule has 0 aliphatic heterocycles. The molecule has 0 aromatic rings. The van der Waals surface area contributed by atoms with Gasteiger partial charge in [0.2, 0.25) is 0 Å². The summed E-state index contributed by atoms with van der Waals surface area (Å²) >= 11 is 0. The Morgan fingerprint density at radius 3 is 1.87 bits per heavy atom. The lowest BCUT2D eigenvalue weighted by atomic mass is 10.3. The number of nitrogens with zero attached hydrogens (tertiary/aromatic N) is 2. The van der Waals surface area contributed by atoms with Crippen LogP contribution in [-0.4, -0.2) is 26.6 Å².